The van der Waals surface area contributed by atoms with Gasteiger partial charge in [0.1, 0.15) is 6.17 Å². The van der Waals surface area contributed by atoms with Gasteiger partial charge in [-0.2, -0.15) is 0 Å². The van der Waals surface area contributed by atoms with Crippen LogP contribution >= 0.6 is 0 Å². The molecule has 2 nitrogen and oxygen atoms in total. The van der Waals surface area contributed by atoms with Crippen LogP contribution in [0.25, 0.3) is 0 Å². The maximum atomic E-state index is 12.8. The summed E-state index contributed by atoms with van der Waals surface area (Å²) >= 11 is 0. The van der Waals surface area contributed by atoms with Gasteiger partial charge in [0.15, 0.2) is 0 Å². The average molecular weight is 148 g/mol. The number of hydrogen-bond acceptors (Lipinski definition) is 2. The summed E-state index contributed by atoms with van der Waals surface area (Å²) in [6.45, 7) is 3.31. The first-order chi connectivity index (χ1) is 4.57. The summed E-state index contributed by atoms with van der Waals surface area (Å²) < 4.78 is 17.9. The third-order valence-corrected chi connectivity index (χ3v) is 1.94. The second-order valence-electron chi connectivity index (χ2n) is 3.15. The minimum absolute atomic E-state index is 0.0994. The average Bonchev–Trinajstić information content (AvgIpc) is 2.10. The lowest BCUT2D eigenvalue weighted by atomic mass is 10.0. The predicted molar refractivity (Wildman–Crippen MR) is 35.6 cm³/mol. The fourth-order valence-electron chi connectivity index (χ4n) is 1.25. The van der Waals surface area contributed by atoms with E-state index >= 15 is 0 Å². The highest BCUT2D eigenvalue weighted by Crippen LogP contribution is 2.31. The molecule has 1 aliphatic rings. The van der Waals surface area contributed by atoms with Crippen molar-refractivity contribution in [3.63, 3.8) is 0 Å². The van der Waals surface area contributed by atoms with Crippen LogP contribution in [0.15, 0.2) is 0 Å². The van der Waals surface area contributed by atoms with Crippen LogP contribution in [0.4, 0.5) is 4.39 Å². The Morgan fingerprint density at radius 2 is 2.40 bits per heavy atom. The van der Waals surface area contributed by atoms with Crippen molar-refractivity contribution in [2.75, 3.05) is 6.61 Å². The molecule has 1 aliphatic heterocycles. The first-order valence-electron chi connectivity index (χ1n) is 3.50. The van der Waals surface area contributed by atoms with Crippen molar-refractivity contribution < 1.29 is 14.2 Å². The molecule has 0 spiro atoms. The van der Waals surface area contributed by atoms with E-state index in [1.54, 1.807) is 13.8 Å². The van der Waals surface area contributed by atoms with Gasteiger partial charge in [-0.1, -0.05) is 0 Å². The molecule has 0 amide bonds. The highest BCUT2D eigenvalue weighted by molar-refractivity contribution is 4.88. The Bertz CT molecular complexity index is 117. The Labute approximate surface area is 60.0 Å². The zero-order chi connectivity index (χ0) is 7.78. The second kappa shape index (κ2) is 2.47. The lowest BCUT2D eigenvalue weighted by molar-refractivity contribution is -0.0578. The predicted octanol–water partition coefficient (Wildman–Crippen LogP) is 0.884. The highest BCUT2D eigenvalue weighted by Gasteiger charge is 2.40. The largest absolute Gasteiger partial charge is 0.393 e. The summed E-state index contributed by atoms with van der Waals surface area (Å²) in [5.41, 5.74) is -0.640. The van der Waals surface area contributed by atoms with Crippen LogP contribution in [-0.2, 0) is 4.74 Å². The molecule has 3 unspecified atom stereocenters. The summed E-state index contributed by atoms with van der Waals surface area (Å²) in [7, 11) is 0. The number of aliphatic hydroxyl groups excluding tert-OH is 1. The van der Waals surface area contributed by atoms with E-state index in [9.17, 15) is 4.39 Å². The molecule has 0 aromatic carbocycles. The van der Waals surface area contributed by atoms with Crippen LogP contribution in [0.1, 0.15) is 20.3 Å². The Morgan fingerprint density at radius 1 is 1.80 bits per heavy atom. The quantitative estimate of drug-likeness (QED) is 0.598. The van der Waals surface area contributed by atoms with Crippen molar-refractivity contribution in [1.29, 1.82) is 0 Å². The van der Waals surface area contributed by atoms with Crippen LogP contribution in [0.3, 0.4) is 0 Å². The SMILES string of the molecule is CC1OC(C)(CO)CC1F. The van der Waals surface area contributed by atoms with Crippen molar-refractivity contribution in [1.82, 2.24) is 0 Å². The molecule has 0 bridgehead atoms. The van der Waals surface area contributed by atoms with E-state index in [1.165, 1.54) is 0 Å². The number of aliphatic hydroxyl groups is 1. The Morgan fingerprint density at radius 3 is 2.60 bits per heavy atom. The van der Waals surface area contributed by atoms with Gasteiger partial charge in [-0.25, -0.2) is 4.39 Å². The maximum absolute atomic E-state index is 12.8. The zero-order valence-electron chi connectivity index (χ0n) is 6.30. The smallest absolute Gasteiger partial charge is 0.129 e. The molecular formula is C7H13FO2. The fourth-order valence-corrected chi connectivity index (χ4v) is 1.25. The first-order valence-corrected chi connectivity index (χ1v) is 3.50. The van der Waals surface area contributed by atoms with Gasteiger partial charge < -0.3 is 9.84 Å². The van der Waals surface area contributed by atoms with Crippen molar-refractivity contribution in [2.24, 2.45) is 0 Å². The van der Waals surface area contributed by atoms with E-state index in [0.717, 1.165) is 0 Å². The fraction of sp³-hybridized carbons (Fsp3) is 1.00. The molecule has 1 heterocycles. The Hall–Kier alpha value is -0.150. The molecule has 3 heteroatoms. The zero-order valence-corrected chi connectivity index (χ0v) is 6.30. The van der Waals surface area contributed by atoms with Crippen LogP contribution in [0.2, 0.25) is 0 Å². The minimum Gasteiger partial charge on any atom is -0.393 e. The van der Waals surface area contributed by atoms with E-state index in [0.29, 0.717) is 6.42 Å². The normalized spacial score (nSPS) is 48.0. The number of hydrogen-bond donors (Lipinski definition) is 1. The van der Waals surface area contributed by atoms with Crippen LogP contribution in [0.5, 0.6) is 0 Å². The monoisotopic (exact) mass is 148 g/mol. The Kier molecular flexibility index (Phi) is 1.97. The van der Waals surface area contributed by atoms with Crippen LogP contribution in [-0.4, -0.2) is 29.6 Å². The van der Waals surface area contributed by atoms with Crippen molar-refractivity contribution in [3.8, 4) is 0 Å². The molecule has 3 atom stereocenters. The third kappa shape index (κ3) is 1.30. The lowest BCUT2D eigenvalue weighted by Gasteiger charge is -2.19. The van der Waals surface area contributed by atoms with E-state index in [-0.39, 0.29) is 12.7 Å². The molecule has 0 aliphatic carbocycles. The van der Waals surface area contributed by atoms with Gasteiger partial charge in [-0.15, -0.1) is 0 Å². The second-order valence-corrected chi connectivity index (χ2v) is 3.15. The van der Waals surface area contributed by atoms with Gasteiger partial charge in [-0.05, 0) is 13.8 Å². The van der Waals surface area contributed by atoms with Gasteiger partial charge in [-0.3, -0.25) is 0 Å². The van der Waals surface area contributed by atoms with Crippen molar-refractivity contribution in [2.45, 2.75) is 38.1 Å². The van der Waals surface area contributed by atoms with Gasteiger partial charge in [0.05, 0.1) is 18.3 Å². The minimum atomic E-state index is -0.919. The van der Waals surface area contributed by atoms with Gasteiger partial charge >= 0.3 is 0 Å². The van der Waals surface area contributed by atoms with E-state index in [4.69, 9.17) is 9.84 Å². The lowest BCUT2D eigenvalue weighted by Crippen LogP contribution is -2.28. The first kappa shape index (κ1) is 7.95. The molecule has 0 aromatic heterocycles. The number of halogens is 1. The molecule has 1 saturated heterocycles. The summed E-state index contributed by atoms with van der Waals surface area (Å²) in [5.74, 6) is 0. The van der Waals surface area contributed by atoms with Gasteiger partial charge in [0, 0.05) is 6.42 Å². The topological polar surface area (TPSA) is 29.5 Å². The molecule has 1 N–H and O–H groups in total. The number of alkyl halides is 1. The van der Waals surface area contributed by atoms with Gasteiger partial charge in [0.25, 0.3) is 0 Å². The van der Waals surface area contributed by atoms with Crippen molar-refractivity contribution >= 4 is 0 Å². The standard InChI is InChI=1S/C7H13FO2/c1-5-6(8)3-7(2,4-9)10-5/h5-6,9H,3-4H2,1-2H3. The highest BCUT2D eigenvalue weighted by atomic mass is 19.1. The molecular weight excluding hydrogens is 135 g/mol. The van der Waals surface area contributed by atoms with E-state index < -0.39 is 11.8 Å². The molecule has 1 fully saturated rings. The van der Waals surface area contributed by atoms with E-state index in [2.05, 4.69) is 0 Å². The number of ether oxygens (including phenoxy) is 1. The summed E-state index contributed by atoms with van der Waals surface area (Å²) in [5, 5.41) is 8.77. The molecule has 0 radical (unpaired) electrons. The molecule has 0 aromatic rings. The van der Waals surface area contributed by atoms with E-state index in [1.807, 2.05) is 0 Å². The maximum Gasteiger partial charge on any atom is 0.129 e. The Balaban J connectivity index is 2.55. The molecule has 10 heavy (non-hydrogen) atoms. The number of rotatable bonds is 1. The summed E-state index contributed by atoms with van der Waals surface area (Å²) in [6, 6.07) is 0. The van der Waals surface area contributed by atoms with Crippen LogP contribution in [0, 0.1) is 0 Å². The third-order valence-electron chi connectivity index (χ3n) is 1.94. The van der Waals surface area contributed by atoms with Crippen molar-refractivity contribution in [3.05, 3.63) is 0 Å². The summed E-state index contributed by atoms with van der Waals surface area (Å²) in [6.07, 6.45) is -0.973. The van der Waals surface area contributed by atoms with Gasteiger partial charge in [0.2, 0.25) is 0 Å². The van der Waals surface area contributed by atoms with Crippen LogP contribution < -0.4 is 0 Å². The molecule has 0 saturated carbocycles. The summed E-state index contributed by atoms with van der Waals surface area (Å²) in [4.78, 5) is 0. The molecule has 1 rings (SSSR count). The molecule has 60 valence electrons.